The van der Waals surface area contributed by atoms with E-state index < -0.39 is 11.6 Å². The first-order valence-electron chi connectivity index (χ1n) is 5.75. The van der Waals surface area contributed by atoms with Gasteiger partial charge in [0.05, 0.1) is 12.2 Å². The Balaban J connectivity index is 3.03. The lowest BCUT2D eigenvalue weighted by Crippen LogP contribution is -2.07. The summed E-state index contributed by atoms with van der Waals surface area (Å²) in [7, 11) is 0. The van der Waals surface area contributed by atoms with Crippen LogP contribution < -0.4 is 4.74 Å². The molecule has 1 aromatic carbocycles. The van der Waals surface area contributed by atoms with Crippen LogP contribution in [0.4, 0.5) is 8.78 Å². The van der Waals surface area contributed by atoms with E-state index in [1.165, 1.54) is 0 Å². The Morgan fingerprint density at radius 2 is 2.00 bits per heavy atom. The number of halogens is 2. The van der Waals surface area contributed by atoms with Crippen LogP contribution in [0.5, 0.6) is 5.75 Å². The molecule has 0 aliphatic heterocycles. The van der Waals surface area contributed by atoms with Gasteiger partial charge in [0, 0.05) is 12.5 Å². The van der Waals surface area contributed by atoms with E-state index >= 15 is 0 Å². The molecule has 0 fully saturated rings. The van der Waals surface area contributed by atoms with Gasteiger partial charge in [0.2, 0.25) is 0 Å². The number of rotatable bonds is 6. The van der Waals surface area contributed by atoms with Crippen LogP contribution in [0.1, 0.15) is 43.5 Å². The third-order valence-electron chi connectivity index (χ3n) is 2.37. The molecule has 4 heteroatoms. The van der Waals surface area contributed by atoms with E-state index in [2.05, 4.69) is 0 Å². The van der Waals surface area contributed by atoms with Crippen LogP contribution in [-0.2, 0) is 0 Å². The van der Waals surface area contributed by atoms with Gasteiger partial charge in [-0.3, -0.25) is 4.79 Å². The van der Waals surface area contributed by atoms with Gasteiger partial charge in [-0.1, -0.05) is 20.3 Å². The monoisotopic (exact) mass is 242 g/mol. The highest BCUT2D eigenvalue weighted by Gasteiger charge is 2.17. The van der Waals surface area contributed by atoms with E-state index in [4.69, 9.17) is 4.74 Å². The molecule has 0 atom stereocenters. The zero-order chi connectivity index (χ0) is 12.8. The van der Waals surface area contributed by atoms with Gasteiger partial charge in [0.1, 0.15) is 5.82 Å². The number of hydrogen-bond acceptors (Lipinski definition) is 2. The Kier molecular flexibility index (Phi) is 5.07. The lowest BCUT2D eigenvalue weighted by atomic mass is 10.1. The largest absolute Gasteiger partial charge is 0.490 e. The number of ketones is 1. The van der Waals surface area contributed by atoms with E-state index in [1.807, 2.05) is 6.92 Å². The summed E-state index contributed by atoms with van der Waals surface area (Å²) >= 11 is 0. The van der Waals surface area contributed by atoms with Gasteiger partial charge in [0.25, 0.3) is 0 Å². The van der Waals surface area contributed by atoms with E-state index in [0.29, 0.717) is 6.61 Å². The van der Waals surface area contributed by atoms with Crippen molar-refractivity contribution in [2.75, 3.05) is 6.61 Å². The van der Waals surface area contributed by atoms with Crippen molar-refractivity contribution in [3.63, 3.8) is 0 Å². The van der Waals surface area contributed by atoms with Crippen molar-refractivity contribution in [3.05, 3.63) is 29.3 Å². The van der Waals surface area contributed by atoms with Crippen LogP contribution in [-0.4, -0.2) is 12.4 Å². The molecule has 0 aliphatic carbocycles. The zero-order valence-corrected chi connectivity index (χ0v) is 10.1. The van der Waals surface area contributed by atoms with Crippen LogP contribution in [0.15, 0.2) is 12.1 Å². The van der Waals surface area contributed by atoms with Crippen molar-refractivity contribution in [2.45, 2.75) is 33.1 Å². The highest BCUT2D eigenvalue weighted by atomic mass is 19.1. The normalized spacial score (nSPS) is 10.4. The predicted octanol–water partition coefficient (Wildman–Crippen LogP) is 3.74. The smallest absolute Gasteiger partial charge is 0.168 e. The Hall–Kier alpha value is -1.45. The van der Waals surface area contributed by atoms with Gasteiger partial charge < -0.3 is 4.74 Å². The van der Waals surface area contributed by atoms with Crippen molar-refractivity contribution < 1.29 is 18.3 Å². The molecule has 94 valence electrons. The van der Waals surface area contributed by atoms with Crippen molar-refractivity contribution in [1.82, 2.24) is 0 Å². The molecule has 0 amide bonds. The average Bonchev–Trinajstić information content (AvgIpc) is 2.30. The summed E-state index contributed by atoms with van der Waals surface area (Å²) in [6, 6.07) is 1.75. The second-order valence-electron chi connectivity index (χ2n) is 3.74. The number of hydrogen-bond donors (Lipinski definition) is 0. The molecule has 17 heavy (non-hydrogen) atoms. The molecule has 0 saturated carbocycles. The first-order chi connectivity index (χ1) is 8.10. The third kappa shape index (κ3) is 3.51. The Bertz CT molecular complexity index is 403. The number of carbonyl (C=O) groups excluding carboxylic acids is 1. The van der Waals surface area contributed by atoms with Crippen molar-refractivity contribution in [1.29, 1.82) is 0 Å². The Labute approximate surface area is 99.6 Å². The average molecular weight is 242 g/mol. The standard InChI is InChI=1S/C13H16F2O2/c1-3-5-6-17-13-10(12(16)4-2)7-9(14)8-11(13)15/h7-8H,3-6H2,1-2H3. The Morgan fingerprint density at radius 3 is 2.59 bits per heavy atom. The molecule has 0 heterocycles. The Morgan fingerprint density at radius 1 is 1.29 bits per heavy atom. The second kappa shape index (κ2) is 6.33. The molecule has 0 saturated heterocycles. The molecular weight excluding hydrogens is 226 g/mol. The fourth-order valence-electron chi connectivity index (χ4n) is 1.42. The van der Waals surface area contributed by atoms with Gasteiger partial charge in [-0.05, 0) is 12.5 Å². The number of Topliss-reactive ketones (excluding diaryl/α,β-unsaturated/α-hetero) is 1. The van der Waals surface area contributed by atoms with Gasteiger partial charge in [0.15, 0.2) is 17.3 Å². The molecule has 2 nitrogen and oxygen atoms in total. The minimum Gasteiger partial charge on any atom is -0.490 e. The van der Waals surface area contributed by atoms with Crippen molar-refractivity contribution in [2.24, 2.45) is 0 Å². The minimum absolute atomic E-state index is 0.0129. The van der Waals surface area contributed by atoms with E-state index in [1.54, 1.807) is 6.92 Å². The number of ether oxygens (including phenoxy) is 1. The summed E-state index contributed by atoms with van der Waals surface area (Å²) in [5, 5.41) is 0. The molecular formula is C13H16F2O2. The lowest BCUT2D eigenvalue weighted by Gasteiger charge is -2.11. The number of benzene rings is 1. The summed E-state index contributed by atoms with van der Waals surface area (Å²) < 4.78 is 31.8. The topological polar surface area (TPSA) is 26.3 Å². The maximum absolute atomic E-state index is 13.5. The van der Waals surface area contributed by atoms with Crippen molar-refractivity contribution in [3.8, 4) is 5.75 Å². The van der Waals surface area contributed by atoms with Crippen LogP contribution in [0, 0.1) is 11.6 Å². The molecule has 0 unspecified atom stereocenters. The summed E-state index contributed by atoms with van der Waals surface area (Å²) in [4.78, 5) is 11.6. The fourth-order valence-corrected chi connectivity index (χ4v) is 1.42. The number of unbranched alkanes of at least 4 members (excludes halogenated alkanes) is 1. The van der Waals surface area contributed by atoms with Gasteiger partial charge in [-0.15, -0.1) is 0 Å². The molecule has 0 aliphatic rings. The minimum atomic E-state index is -0.821. The summed E-state index contributed by atoms with van der Waals surface area (Å²) in [5.74, 6) is -2.04. The van der Waals surface area contributed by atoms with Gasteiger partial charge in [-0.25, -0.2) is 8.78 Å². The first kappa shape index (κ1) is 13.6. The molecule has 1 aromatic rings. The molecule has 1 rings (SSSR count). The van der Waals surface area contributed by atoms with E-state index in [9.17, 15) is 13.6 Å². The maximum atomic E-state index is 13.5. The zero-order valence-electron chi connectivity index (χ0n) is 10.1. The molecule has 0 aromatic heterocycles. The number of carbonyl (C=O) groups is 1. The molecule has 0 bridgehead atoms. The SMILES string of the molecule is CCCCOc1c(F)cc(F)cc1C(=O)CC. The molecule has 0 spiro atoms. The lowest BCUT2D eigenvalue weighted by molar-refractivity contribution is 0.0982. The van der Waals surface area contributed by atoms with Gasteiger partial charge in [-0.2, -0.15) is 0 Å². The van der Waals surface area contributed by atoms with E-state index in [-0.39, 0.29) is 23.5 Å². The maximum Gasteiger partial charge on any atom is 0.168 e. The first-order valence-corrected chi connectivity index (χ1v) is 5.75. The van der Waals surface area contributed by atoms with Crippen LogP contribution in [0.2, 0.25) is 0 Å². The van der Waals surface area contributed by atoms with Crippen molar-refractivity contribution >= 4 is 5.78 Å². The summed E-state index contributed by atoms with van der Waals surface area (Å²) in [5.41, 5.74) is -0.0129. The van der Waals surface area contributed by atoms with Crippen LogP contribution in [0.25, 0.3) is 0 Å². The van der Waals surface area contributed by atoms with Crippen LogP contribution >= 0.6 is 0 Å². The highest BCUT2D eigenvalue weighted by molar-refractivity contribution is 5.98. The summed E-state index contributed by atoms with van der Waals surface area (Å²) in [6.07, 6.45) is 1.85. The fraction of sp³-hybridized carbons (Fsp3) is 0.462. The molecule has 0 radical (unpaired) electrons. The van der Waals surface area contributed by atoms with Crippen LogP contribution in [0.3, 0.4) is 0 Å². The molecule has 0 N–H and O–H groups in total. The van der Waals surface area contributed by atoms with Gasteiger partial charge >= 0.3 is 0 Å². The quantitative estimate of drug-likeness (QED) is 0.561. The third-order valence-corrected chi connectivity index (χ3v) is 2.37. The second-order valence-corrected chi connectivity index (χ2v) is 3.74. The summed E-state index contributed by atoms with van der Waals surface area (Å²) in [6.45, 7) is 3.94. The highest BCUT2D eigenvalue weighted by Crippen LogP contribution is 2.25. The predicted molar refractivity (Wildman–Crippen MR) is 61.4 cm³/mol. The van der Waals surface area contributed by atoms with E-state index in [0.717, 1.165) is 25.0 Å².